The minimum Gasteiger partial charge on any atom is -0.345 e. The Morgan fingerprint density at radius 2 is 2.04 bits per heavy atom. The third kappa shape index (κ3) is 3.71. The zero-order valence-corrected chi connectivity index (χ0v) is 12.7. The molecule has 0 spiro atoms. The lowest BCUT2D eigenvalue weighted by molar-refractivity contribution is 0.0955. The van der Waals surface area contributed by atoms with Gasteiger partial charge >= 0.3 is 0 Å². The zero-order valence-electron chi connectivity index (χ0n) is 12.7. The highest BCUT2D eigenvalue weighted by Gasteiger charge is 2.05. The molecule has 0 saturated heterocycles. The number of nitrogens with zero attached hydrogens (tertiary/aromatic N) is 2. The van der Waals surface area contributed by atoms with Crippen molar-refractivity contribution in [1.29, 1.82) is 0 Å². The second kappa shape index (κ2) is 6.70. The molecule has 0 fully saturated rings. The number of allylic oxidation sites excluding steroid dienone is 1. The molecule has 1 amide bonds. The summed E-state index contributed by atoms with van der Waals surface area (Å²) in [4.78, 5) is 19.2. The van der Waals surface area contributed by atoms with Crippen molar-refractivity contribution in [1.82, 2.24) is 15.4 Å². The van der Waals surface area contributed by atoms with Crippen LogP contribution in [0.5, 0.6) is 0 Å². The van der Waals surface area contributed by atoms with Gasteiger partial charge in [0.25, 0.3) is 5.91 Å². The minimum absolute atomic E-state index is 0.259. The second-order valence-electron chi connectivity index (χ2n) is 5.13. The molecule has 0 bridgehead atoms. The number of imidazole rings is 1. The van der Waals surface area contributed by atoms with E-state index in [0.717, 1.165) is 22.2 Å². The molecule has 0 aliphatic rings. The molecule has 23 heavy (non-hydrogen) atoms. The summed E-state index contributed by atoms with van der Waals surface area (Å²) in [6, 6.07) is 15.2. The number of carbonyl (C=O) groups excluding carboxylic acids is 1. The van der Waals surface area contributed by atoms with E-state index in [0.29, 0.717) is 5.56 Å². The van der Waals surface area contributed by atoms with Crippen LogP contribution in [0, 0.1) is 0 Å². The van der Waals surface area contributed by atoms with Gasteiger partial charge in [0.05, 0.1) is 23.6 Å². The van der Waals surface area contributed by atoms with Crippen molar-refractivity contribution < 1.29 is 4.79 Å². The fraction of sp³-hybridized carbons (Fsp3) is 0.0556. The highest BCUT2D eigenvalue weighted by atomic mass is 16.2. The van der Waals surface area contributed by atoms with Crippen molar-refractivity contribution in [2.24, 2.45) is 5.10 Å². The van der Waals surface area contributed by atoms with Crippen LogP contribution in [-0.2, 0) is 0 Å². The van der Waals surface area contributed by atoms with E-state index in [2.05, 4.69) is 20.5 Å². The molecule has 0 radical (unpaired) electrons. The van der Waals surface area contributed by atoms with Gasteiger partial charge < -0.3 is 4.98 Å². The van der Waals surface area contributed by atoms with Crippen LogP contribution >= 0.6 is 0 Å². The Labute approximate surface area is 133 Å². The van der Waals surface area contributed by atoms with E-state index in [1.807, 2.05) is 43.3 Å². The lowest BCUT2D eigenvalue weighted by Gasteiger charge is -2.00. The van der Waals surface area contributed by atoms with Gasteiger partial charge in [-0.2, -0.15) is 5.10 Å². The number of fused-ring (bicyclic) bond motifs is 1. The van der Waals surface area contributed by atoms with E-state index in [1.54, 1.807) is 30.7 Å². The van der Waals surface area contributed by atoms with Crippen LogP contribution in [0.15, 0.2) is 65.5 Å². The van der Waals surface area contributed by atoms with E-state index < -0.39 is 0 Å². The largest absolute Gasteiger partial charge is 0.345 e. The third-order valence-electron chi connectivity index (χ3n) is 3.31. The van der Waals surface area contributed by atoms with Crippen molar-refractivity contribution in [2.45, 2.75) is 6.92 Å². The first kappa shape index (κ1) is 14.7. The third-order valence-corrected chi connectivity index (χ3v) is 3.31. The summed E-state index contributed by atoms with van der Waals surface area (Å²) in [5, 5.41) is 3.99. The number of benzene rings is 2. The maximum Gasteiger partial charge on any atom is 0.271 e. The van der Waals surface area contributed by atoms with Crippen LogP contribution in [-0.4, -0.2) is 22.1 Å². The van der Waals surface area contributed by atoms with Crippen molar-refractivity contribution >= 4 is 29.2 Å². The first-order chi connectivity index (χ1) is 11.2. The van der Waals surface area contributed by atoms with Gasteiger partial charge in [0.15, 0.2) is 0 Å². The number of rotatable bonds is 4. The molecular weight excluding hydrogens is 288 g/mol. The quantitative estimate of drug-likeness (QED) is 0.573. The molecule has 3 rings (SSSR count). The molecule has 0 aliphatic heterocycles. The predicted molar refractivity (Wildman–Crippen MR) is 92.1 cm³/mol. The molecule has 0 atom stereocenters. The number of aromatic amines is 1. The lowest BCUT2D eigenvalue weighted by atomic mass is 10.1. The fourth-order valence-corrected chi connectivity index (χ4v) is 2.18. The number of carbonyl (C=O) groups is 1. The Morgan fingerprint density at radius 3 is 2.87 bits per heavy atom. The van der Waals surface area contributed by atoms with Crippen molar-refractivity contribution in [2.75, 3.05) is 0 Å². The number of hydrogen-bond acceptors (Lipinski definition) is 3. The summed E-state index contributed by atoms with van der Waals surface area (Å²) in [6.07, 6.45) is 5.22. The van der Waals surface area contributed by atoms with Crippen LogP contribution in [0.4, 0.5) is 0 Å². The Kier molecular flexibility index (Phi) is 4.29. The number of amides is 1. The van der Waals surface area contributed by atoms with Gasteiger partial charge in [-0.25, -0.2) is 10.4 Å². The Balaban J connectivity index is 1.65. The maximum atomic E-state index is 12.1. The molecule has 0 aliphatic carbocycles. The summed E-state index contributed by atoms with van der Waals surface area (Å²) in [7, 11) is 0. The highest BCUT2D eigenvalue weighted by molar-refractivity contribution is 5.97. The summed E-state index contributed by atoms with van der Waals surface area (Å²) in [6.45, 7) is 1.93. The Bertz CT molecular complexity index is 878. The van der Waals surface area contributed by atoms with Crippen molar-refractivity contribution in [3.8, 4) is 0 Å². The van der Waals surface area contributed by atoms with Crippen LogP contribution < -0.4 is 5.43 Å². The monoisotopic (exact) mass is 304 g/mol. The Hall–Kier alpha value is -3.21. The SMILES string of the molecule is C/C(C=NNC(=O)c1ccc2nc[nH]c2c1)=C/c1ccccc1. The van der Waals surface area contributed by atoms with Gasteiger partial charge in [-0.15, -0.1) is 0 Å². The van der Waals surface area contributed by atoms with Crippen LogP contribution in [0.25, 0.3) is 17.1 Å². The van der Waals surface area contributed by atoms with Gasteiger partial charge in [0.1, 0.15) is 0 Å². The van der Waals surface area contributed by atoms with E-state index >= 15 is 0 Å². The second-order valence-corrected chi connectivity index (χ2v) is 5.13. The summed E-state index contributed by atoms with van der Waals surface area (Å²) >= 11 is 0. The number of nitrogens with one attached hydrogen (secondary N) is 2. The molecule has 0 unspecified atom stereocenters. The summed E-state index contributed by atoms with van der Waals surface area (Å²) in [5.41, 5.74) is 6.74. The van der Waals surface area contributed by atoms with E-state index in [4.69, 9.17) is 0 Å². The average Bonchev–Trinajstić information content (AvgIpc) is 3.03. The summed E-state index contributed by atoms with van der Waals surface area (Å²) in [5.74, 6) is -0.259. The topological polar surface area (TPSA) is 70.1 Å². The fourth-order valence-electron chi connectivity index (χ4n) is 2.18. The zero-order chi connectivity index (χ0) is 16.1. The lowest BCUT2D eigenvalue weighted by Crippen LogP contribution is -2.17. The molecule has 2 N–H and O–H groups in total. The van der Waals surface area contributed by atoms with Crippen LogP contribution in [0.2, 0.25) is 0 Å². The number of H-pyrrole nitrogens is 1. The molecular formula is C18H16N4O. The summed E-state index contributed by atoms with van der Waals surface area (Å²) < 4.78 is 0. The number of hydrogen-bond donors (Lipinski definition) is 2. The van der Waals surface area contributed by atoms with Crippen molar-refractivity contribution in [3.05, 3.63) is 71.6 Å². The van der Waals surface area contributed by atoms with E-state index in [-0.39, 0.29) is 5.91 Å². The van der Waals surface area contributed by atoms with Crippen LogP contribution in [0.1, 0.15) is 22.8 Å². The maximum absolute atomic E-state index is 12.1. The highest BCUT2D eigenvalue weighted by Crippen LogP contribution is 2.11. The first-order valence-electron chi connectivity index (χ1n) is 7.22. The molecule has 1 heterocycles. The molecule has 114 valence electrons. The molecule has 5 nitrogen and oxygen atoms in total. The Morgan fingerprint density at radius 1 is 1.22 bits per heavy atom. The first-order valence-corrected chi connectivity index (χ1v) is 7.22. The van der Waals surface area contributed by atoms with Gasteiger partial charge in [-0.3, -0.25) is 4.79 Å². The number of hydrazone groups is 1. The van der Waals surface area contributed by atoms with Crippen LogP contribution in [0.3, 0.4) is 0 Å². The smallest absolute Gasteiger partial charge is 0.271 e. The molecule has 2 aromatic carbocycles. The molecule has 1 aromatic heterocycles. The van der Waals surface area contributed by atoms with Gasteiger partial charge in [-0.05, 0) is 36.3 Å². The van der Waals surface area contributed by atoms with Gasteiger partial charge in [0.2, 0.25) is 0 Å². The predicted octanol–water partition coefficient (Wildman–Crippen LogP) is 3.38. The van der Waals surface area contributed by atoms with E-state index in [9.17, 15) is 4.79 Å². The standard InChI is InChI=1S/C18H16N4O/c1-13(9-14-5-3-2-4-6-14)11-21-22-18(23)15-7-8-16-17(10-15)20-12-19-16/h2-12H,1H3,(H,19,20)(H,22,23)/b13-9-,21-11?. The van der Waals surface area contributed by atoms with Crippen molar-refractivity contribution in [3.63, 3.8) is 0 Å². The average molecular weight is 304 g/mol. The number of aromatic nitrogens is 2. The normalized spacial score (nSPS) is 12.0. The van der Waals surface area contributed by atoms with Gasteiger partial charge in [0, 0.05) is 5.56 Å². The van der Waals surface area contributed by atoms with Gasteiger partial charge in [-0.1, -0.05) is 36.4 Å². The molecule has 0 saturated carbocycles. The van der Waals surface area contributed by atoms with E-state index in [1.165, 1.54) is 0 Å². The minimum atomic E-state index is -0.259. The molecule has 5 heteroatoms. The molecule has 3 aromatic rings.